The first-order valence-electron chi connectivity index (χ1n) is 6.03. The van der Waals surface area contributed by atoms with Gasteiger partial charge < -0.3 is 10.1 Å². The molecule has 0 heterocycles. The van der Waals surface area contributed by atoms with Crippen molar-refractivity contribution in [2.75, 3.05) is 14.2 Å². The molecular weight excluding hydrogens is 345 g/mol. The van der Waals surface area contributed by atoms with Crippen LogP contribution < -0.4 is 10.1 Å². The van der Waals surface area contributed by atoms with Crippen molar-refractivity contribution in [3.8, 4) is 5.75 Å². The van der Waals surface area contributed by atoms with Gasteiger partial charge >= 0.3 is 0 Å². The summed E-state index contributed by atoms with van der Waals surface area (Å²) in [6.07, 6.45) is 0. The second-order valence-electron chi connectivity index (χ2n) is 4.24. The van der Waals surface area contributed by atoms with E-state index in [-0.39, 0.29) is 11.9 Å². The molecule has 0 aliphatic carbocycles. The summed E-state index contributed by atoms with van der Waals surface area (Å²) in [5.41, 5.74) is 1.32. The molecule has 0 radical (unpaired) electrons. The Morgan fingerprint density at radius 1 is 1.30 bits per heavy atom. The van der Waals surface area contributed by atoms with E-state index >= 15 is 0 Å². The maximum absolute atomic E-state index is 14.1. The SMILES string of the molecule is CNC(c1ccc(OC)cc1Br)c1c(F)cccc1Cl. The highest BCUT2D eigenvalue weighted by molar-refractivity contribution is 9.10. The summed E-state index contributed by atoms with van der Waals surface area (Å²) in [7, 11) is 3.37. The van der Waals surface area contributed by atoms with E-state index < -0.39 is 0 Å². The Bertz CT molecular complexity index is 601. The van der Waals surface area contributed by atoms with E-state index in [1.165, 1.54) is 6.07 Å². The maximum atomic E-state index is 14.1. The first kappa shape index (κ1) is 15.3. The van der Waals surface area contributed by atoms with Gasteiger partial charge in [0.1, 0.15) is 11.6 Å². The fraction of sp³-hybridized carbons (Fsp3) is 0.200. The van der Waals surface area contributed by atoms with E-state index in [1.807, 2.05) is 18.2 Å². The number of benzene rings is 2. The highest BCUT2D eigenvalue weighted by Gasteiger charge is 2.21. The molecule has 2 aromatic carbocycles. The van der Waals surface area contributed by atoms with E-state index in [0.29, 0.717) is 10.6 Å². The molecule has 1 N–H and O–H groups in total. The van der Waals surface area contributed by atoms with Gasteiger partial charge in [-0.1, -0.05) is 39.7 Å². The molecule has 5 heteroatoms. The summed E-state index contributed by atoms with van der Waals surface area (Å²) >= 11 is 9.63. The molecule has 1 unspecified atom stereocenters. The summed E-state index contributed by atoms with van der Waals surface area (Å²) in [6.45, 7) is 0. The minimum absolute atomic E-state index is 0.334. The zero-order valence-electron chi connectivity index (χ0n) is 11.1. The molecule has 1 atom stereocenters. The molecule has 0 bridgehead atoms. The van der Waals surface area contributed by atoms with Crippen molar-refractivity contribution in [3.63, 3.8) is 0 Å². The average molecular weight is 359 g/mol. The molecule has 2 nitrogen and oxygen atoms in total. The Morgan fingerprint density at radius 3 is 2.60 bits per heavy atom. The Kier molecular flexibility index (Phi) is 5.02. The van der Waals surface area contributed by atoms with Gasteiger partial charge in [-0.05, 0) is 36.9 Å². The third-order valence-electron chi connectivity index (χ3n) is 3.10. The van der Waals surface area contributed by atoms with Crippen LogP contribution in [-0.2, 0) is 0 Å². The van der Waals surface area contributed by atoms with Crippen LogP contribution in [0.1, 0.15) is 17.2 Å². The summed E-state index contributed by atoms with van der Waals surface area (Å²) in [6, 6.07) is 9.89. The topological polar surface area (TPSA) is 21.3 Å². The lowest BCUT2D eigenvalue weighted by Gasteiger charge is -2.21. The number of hydrogen-bond donors (Lipinski definition) is 1. The van der Waals surface area contributed by atoms with Crippen LogP contribution in [0.4, 0.5) is 4.39 Å². The molecule has 0 fully saturated rings. The van der Waals surface area contributed by atoms with Gasteiger partial charge in [0, 0.05) is 15.1 Å². The highest BCUT2D eigenvalue weighted by Crippen LogP contribution is 2.35. The minimum atomic E-state index is -0.344. The second kappa shape index (κ2) is 6.57. The van der Waals surface area contributed by atoms with Crippen molar-refractivity contribution >= 4 is 27.5 Å². The van der Waals surface area contributed by atoms with Crippen LogP contribution in [0.3, 0.4) is 0 Å². The summed E-state index contributed by atoms with van der Waals surface area (Å²) < 4.78 is 20.1. The summed E-state index contributed by atoms with van der Waals surface area (Å²) in [5, 5.41) is 3.49. The quantitative estimate of drug-likeness (QED) is 0.865. The van der Waals surface area contributed by atoms with Gasteiger partial charge in [0.15, 0.2) is 0 Å². The number of hydrogen-bond acceptors (Lipinski definition) is 2. The lowest BCUT2D eigenvalue weighted by Crippen LogP contribution is -2.20. The summed E-state index contributed by atoms with van der Waals surface area (Å²) in [5.74, 6) is 0.398. The molecule has 0 saturated heterocycles. The van der Waals surface area contributed by atoms with Gasteiger partial charge in [-0.3, -0.25) is 0 Å². The number of ether oxygens (including phenoxy) is 1. The molecule has 2 aromatic rings. The van der Waals surface area contributed by atoms with E-state index in [9.17, 15) is 4.39 Å². The maximum Gasteiger partial charge on any atom is 0.129 e. The average Bonchev–Trinajstić information content (AvgIpc) is 2.43. The molecule has 0 aromatic heterocycles. The molecular formula is C15H14BrClFNO. The molecule has 0 spiro atoms. The second-order valence-corrected chi connectivity index (χ2v) is 5.51. The molecule has 20 heavy (non-hydrogen) atoms. The van der Waals surface area contributed by atoms with Crippen LogP contribution in [0.2, 0.25) is 5.02 Å². The van der Waals surface area contributed by atoms with Crippen LogP contribution in [-0.4, -0.2) is 14.2 Å². The van der Waals surface area contributed by atoms with Crippen molar-refractivity contribution < 1.29 is 9.13 Å². The largest absolute Gasteiger partial charge is 0.497 e. The Balaban J connectivity index is 2.53. The van der Waals surface area contributed by atoms with Crippen molar-refractivity contribution in [1.29, 1.82) is 0 Å². The van der Waals surface area contributed by atoms with E-state index in [0.717, 1.165) is 15.8 Å². The first-order valence-corrected chi connectivity index (χ1v) is 7.20. The fourth-order valence-corrected chi connectivity index (χ4v) is 2.97. The smallest absolute Gasteiger partial charge is 0.129 e. The van der Waals surface area contributed by atoms with Crippen molar-refractivity contribution in [2.45, 2.75) is 6.04 Å². The van der Waals surface area contributed by atoms with Crippen molar-refractivity contribution in [3.05, 3.63) is 62.8 Å². The van der Waals surface area contributed by atoms with Crippen molar-refractivity contribution in [1.82, 2.24) is 5.32 Å². The number of methoxy groups -OCH3 is 1. The molecule has 2 rings (SSSR count). The van der Waals surface area contributed by atoms with Crippen LogP contribution in [0.25, 0.3) is 0 Å². The van der Waals surface area contributed by atoms with Crippen LogP contribution in [0.5, 0.6) is 5.75 Å². The standard InChI is InChI=1S/C15H14BrClFNO/c1-19-15(14-12(17)4-3-5-13(14)18)10-7-6-9(20-2)8-11(10)16/h3-8,15,19H,1-2H3. The highest BCUT2D eigenvalue weighted by atomic mass is 79.9. The first-order chi connectivity index (χ1) is 9.58. The number of nitrogens with one attached hydrogen (secondary N) is 1. The number of halogens is 3. The minimum Gasteiger partial charge on any atom is -0.497 e. The predicted octanol–water partition coefficient (Wildman–Crippen LogP) is 4.56. The predicted molar refractivity (Wildman–Crippen MR) is 83.0 cm³/mol. The molecule has 106 valence electrons. The van der Waals surface area contributed by atoms with E-state index in [4.69, 9.17) is 16.3 Å². The van der Waals surface area contributed by atoms with Gasteiger partial charge in [0.05, 0.1) is 13.2 Å². The van der Waals surface area contributed by atoms with Crippen LogP contribution >= 0.6 is 27.5 Å². The van der Waals surface area contributed by atoms with E-state index in [2.05, 4.69) is 21.2 Å². The zero-order chi connectivity index (χ0) is 14.7. The zero-order valence-corrected chi connectivity index (χ0v) is 13.4. The normalized spacial score (nSPS) is 12.2. The third kappa shape index (κ3) is 2.97. The molecule has 0 amide bonds. The lowest BCUT2D eigenvalue weighted by molar-refractivity contribution is 0.414. The molecule has 0 aliphatic heterocycles. The van der Waals surface area contributed by atoms with E-state index in [1.54, 1.807) is 26.3 Å². The van der Waals surface area contributed by atoms with Gasteiger partial charge in [0.2, 0.25) is 0 Å². The van der Waals surface area contributed by atoms with Crippen LogP contribution in [0, 0.1) is 5.82 Å². The lowest BCUT2D eigenvalue weighted by atomic mass is 9.98. The van der Waals surface area contributed by atoms with Gasteiger partial charge in [-0.15, -0.1) is 0 Å². The van der Waals surface area contributed by atoms with Crippen molar-refractivity contribution in [2.24, 2.45) is 0 Å². The Morgan fingerprint density at radius 2 is 2.05 bits per heavy atom. The van der Waals surface area contributed by atoms with Gasteiger partial charge in [-0.2, -0.15) is 0 Å². The summed E-state index contributed by atoms with van der Waals surface area (Å²) in [4.78, 5) is 0. The molecule has 0 saturated carbocycles. The molecule has 0 aliphatic rings. The third-order valence-corrected chi connectivity index (χ3v) is 4.11. The van der Waals surface area contributed by atoms with Gasteiger partial charge in [0.25, 0.3) is 0 Å². The number of rotatable bonds is 4. The monoisotopic (exact) mass is 357 g/mol. The Hall–Kier alpha value is -1.10. The van der Waals surface area contributed by atoms with Gasteiger partial charge in [-0.25, -0.2) is 4.39 Å². The fourth-order valence-electron chi connectivity index (χ4n) is 2.11. The van der Waals surface area contributed by atoms with Crippen LogP contribution in [0.15, 0.2) is 40.9 Å². The Labute approximate surface area is 131 Å².